The summed E-state index contributed by atoms with van der Waals surface area (Å²) < 4.78 is 0. The Morgan fingerprint density at radius 1 is 0.900 bits per heavy atom. The van der Waals surface area contributed by atoms with Gasteiger partial charge in [-0.25, -0.2) is 0 Å². The van der Waals surface area contributed by atoms with Crippen LogP contribution in [0.5, 0.6) is 5.75 Å². The molecule has 0 spiro atoms. The molecule has 30 heavy (non-hydrogen) atoms. The van der Waals surface area contributed by atoms with E-state index in [0.29, 0.717) is 24.5 Å². The van der Waals surface area contributed by atoms with Crippen LogP contribution in [0.3, 0.4) is 0 Å². The number of benzene rings is 2. The molecule has 0 radical (unpaired) electrons. The Balaban J connectivity index is 1.65. The van der Waals surface area contributed by atoms with Crippen LogP contribution in [-0.4, -0.2) is 50.3 Å². The van der Waals surface area contributed by atoms with Gasteiger partial charge < -0.3 is 20.2 Å². The quantitative estimate of drug-likeness (QED) is 0.502. The summed E-state index contributed by atoms with van der Waals surface area (Å²) in [4.78, 5) is 28.4. The highest BCUT2D eigenvalue weighted by Crippen LogP contribution is 2.21. The lowest BCUT2D eigenvalue weighted by molar-refractivity contribution is 0.295. The molecular weight excluding hydrogens is 378 g/mol. The van der Waals surface area contributed by atoms with Gasteiger partial charge in [0.1, 0.15) is 17.1 Å². The molecule has 0 bridgehead atoms. The Labute approximate surface area is 177 Å². The van der Waals surface area contributed by atoms with Gasteiger partial charge in [-0.05, 0) is 50.2 Å². The maximum atomic E-state index is 12.3. The number of anilines is 2. The van der Waals surface area contributed by atoms with Crippen LogP contribution in [0.25, 0.3) is 0 Å². The maximum Gasteiger partial charge on any atom is 0.253 e. The van der Waals surface area contributed by atoms with Crippen molar-refractivity contribution in [2.24, 2.45) is 0 Å². The highest BCUT2D eigenvalue weighted by molar-refractivity contribution is 5.75. The Kier molecular flexibility index (Phi) is 6.90. The smallest absolute Gasteiger partial charge is 0.253 e. The molecule has 0 amide bonds. The fraction of sp³-hybridized carbons (Fsp3) is 0.333. The summed E-state index contributed by atoms with van der Waals surface area (Å²) in [6, 6.07) is 17.3. The fourth-order valence-corrected chi connectivity index (χ4v) is 3.61. The Morgan fingerprint density at radius 2 is 1.57 bits per heavy atom. The van der Waals surface area contributed by atoms with Gasteiger partial charge >= 0.3 is 0 Å². The number of likely N-dealkylation sites (N-methyl/N-ethyl adjacent to an activating group) is 2. The Hall–Kier alpha value is -3.12. The molecule has 0 saturated carbocycles. The molecule has 0 saturated heterocycles. The summed E-state index contributed by atoms with van der Waals surface area (Å²) in [7, 11) is 5.85. The third-order valence-corrected chi connectivity index (χ3v) is 5.45. The first-order valence-electron chi connectivity index (χ1n) is 10.1. The molecule has 0 aliphatic heterocycles. The Morgan fingerprint density at radius 3 is 2.20 bits per heavy atom. The molecule has 1 atom stereocenters. The number of nitrogens with zero attached hydrogens (tertiary/aromatic N) is 2. The van der Waals surface area contributed by atoms with Gasteiger partial charge in [-0.2, -0.15) is 0 Å². The lowest BCUT2D eigenvalue weighted by atomic mass is 10.0. The van der Waals surface area contributed by atoms with E-state index in [2.05, 4.69) is 10.2 Å². The number of rotatable bonds is 10. The minimum Gasteiger partial charge on any atom is -0.508 e. The van der Waals surface area contributed by atoms with Crippen molar-refractivity contribution >= 4 is 11.4 Å². The SMILES string of the molecule is CN(CC(Cc1ccc(O)cc1)N(C)C)c1c(NCCc2ccccc2)c(=O)c1=O. The molecule has 0 aliphatic carbocycles. The van der Waals surface area contributed by atoms with Crippen molar-refractivity contribution < 1.29 is 5.11 Å². The number of hydrogen-bond acceptors (Lipinski definition) is 6. The van der Waals surface area contributed by atoms with E-state index < -0.39 is 10.9 Å². The number of phenolic OH excluding ortho intramolecular Hbond substituents is 1. The van der Waals surface area contributed by atoms with Crippen molar-refractivity contribution in [3.63, 3.8) is 0 Å². The van der Waals surface area contributed by atoms with E-state index in [4.69, 9.17) is 0 Å². The standard InChI is InChI=1S/C24H29N3O3/c1-26(2)19(15-18-9-11-20(28)12-10-18)16-27(3)22-21(23(29)24(22)30)25-14-13-17-7-5-4-6-8-17/h4-12,19,25,28H,13-16H2,1-3H3. The molecule has 0 heterocycles. The lowest BCUT2D eigenvalue weighted by Crippen LogP contribution is -2.46. The second kappa shape index (κ2) is 9.59. The molecule has 3 rings (SSSR count). The van der Waals surface area contributed by atoms with E-state index in [1.165, 1.54) is 5.56 Å². The van der Waals surface area contributed by atoms with Gasteiger partial charge in [0, 0.05) is 26.2 Å². The van der Waals surface area contributed by atoms with Crippen LogP contribution in [-0.2, 0) is 12.8 Å². The zero-order valence-corrected chi connectivity index (χ0v) is 17.8. The molecule has 158 valence electrons. The fourth-order valence-electron chi connectivity index (χ4n) is 3.61. The third-order valence-electron chi connectivity index (χ3n) is 5.45. The van der Waals surface area contributed by atoms with Crippen molar-refractivity contribution in [2.75, 3.05) is 44.4 Å². The summed E-state index contributed by atoms with van der Waals surface area (Å²) in [5.41, 5.74) is 2.30. The minimum absolute atomic E-state index is 0.140. The molecule has 1 unspecified atom stereocenters. The molecule has 3 aromatic carbocycles. The van der Waals surface area contributed by atoms with Crippen molar-refractivity contribution in [2.45, 2.75) is 18.9 Å². The van der Waals surface area contributed by atoms with E-state index in [1.54, 1.807) is 12.1 Å². The van der Waals surface area contributed by atoms with Gasteiger partial charge in [0.25, 0.3) is 10.9 Å². The van der Waals surface area contributed by atoms with E-state index in [1.807, 2.05) is 68.5 Å². The van der Waals surface area contributed by atoms with E-state index >= 15 is 0 Å². The Bertz CT molecular complexity index is 1020. The largest absolute Gasteiger partial charge is 0.508 e. The van der Waals surface area contributed by atoms with Gasteiger partial charge in [0.15, 0.2) is 0 Å². The average molecular weight is 408 g/mol. The molecule has 6 heteroatoms. The third kappa shape index (κ3) is 5.07. The first-order chi connectivity index (χ1) is 14.4. The second-order valence-corrected chi connectivity index (χ2v) is 7.91. The van der Waals surface area contributed by atoms with Gasteiger partial charge in [-0.3, -0.25) is 9.59 Å². The van der Waals surface area contributed by atoms with Gasteiger partial charge in [-0.1, -0.05) is 42.5 Å². The predicted molar refractivity (Wildman–Crippen MR) is 123 cm³/mol. The minimum atomic E-state index is -0.440. The van der Waals surface area contributed by atoms with Crippen LogP contribution in [0.2, 0.25) is 0 Å². The first kappa shape index (κ1) is 21.6. The molecule has 0 aromatic heterocycles. The zero-order valence-electron chi connectivity index (χ0n) is 17.8. The van der Waals surface area contributed by atoms with Crippen LogP contribution in [0.15, 0.2) is 64.2 Å². The van der Waals surface area contributed by atoms with Gasteiger partial charge in [0.05, 0.1) is 0 Å². The van der Waals surface area contributed by atoms with E-state index in [9.17, 15) is 14.7 Å². The molecule has 0 fully saturated rings. The second-order valence-electron chi connectivity index (χ2n) is 7.91. The zero-order chi connectivity index (χ0) is 21.7. The predicted octanol–water partition coefficient (Wildman–Crippen LogP) is 2.25. The van der Waals surface area contributed by atoms with Crippen LogP contribution in [0.4, 0.5) is 11.4 Å². The van der Waals surface area contributed by atoms with E-state index in [-0.39, 0.29) is 11.8 Å². The summed E-state index contributed by atoms with van der Waals surface area (Å²) >= 11 is 0. The number of phenols is 1. The van der Waals surface area contributed by atoms with Gasteiger partial charge in [0.2, 0.25) is 0 Å². The van der Waals surface area contributed by atoms with Crippen molar-refractivity contribution in [1.29, 1.82) is 0 Å². The number of aromatic hydroxyl groups is 1. The van der Waals surface area contributed by atoms with Crippen LogP contribution >= 0.6 is 0 Å². The monoisotopic (exact) mass is 407 g/mol. The molecule has 6 nitrogen and oxygen atoms in total. The summed E-state index contributed by atoms with van der Waals surface area (Å²) in [5, 5.41) is 12.6. The van der Waals surface area contributed by atoms with Crippen LogP contribution in [0.1, 0.15) is 11.1 Å². The van der Waals surface area contributed by atoms with E-state index in [0.717, 1.165) is 18.4 Å². The first-order valence-corrected chi connectivity index (χ1v) is 10.1. The van der Waals surface area contributed by atoms with Crippen LogP contribution < -0.4 is 21.1 Å². The van der Waals surface area contributed by atoms with Crippen LogP contribution in [0, 0.1) is 0 Å². The summed E-state index contributed by atoms with van der Waals surface area (Å²) in [5.74, 6) is 0.243. The molecule has 2 N–H and O–H groups in total. The topological polar surface area (TPSA) is 72.9 Å². The molecule has 0 aliphatic rings. The number of nitrogens with one attached hydrogen (secondary N) is 1. The summed E-state index contributed by atoms with van der Waals surface area (Å²) in [6.07, 6.45) is 1.55. The van der Waals surface area contributed by atoms with Gasteiger partial charge in [-0.15, -0.1) is 0 Å². The highest BCUT2D eigenvalue weighted by atomic mass is 16.3. The van der Waals surface area contributed by atoms with Crippen molar-refractivity contribution in [3.8, 4) is 5.75 Å². The highest BCUT2D eigenvalue weighted by Gasteiger charge is 2.26. The average Bonchev–Trinajstić information content (AvgIpc) is 2.74. The number of hydrogen-bond donors (Lipinski definition) is 2. The molecular formula is C24H29N3O3. The molecule has 3 aromatic rings. The maximum absolute atomic E-state index is 12.3. The lowest BCUT2D eigenvalue weighted by Gasteiger charge is -2.31. The van der Waals surface area contributed by atoms with Crippen molar-refractivity contribution in [3.05, 3.63) is 86.2 Å². The van der Waals surface area contributed by atoms with Crippen molar-refractivity contribution in [1.82, 2.24) is 4.90 Å². The summed E-state index contributed by atoms with van der Waals surface area (Å²) in [6.45, 7) is 1.20. The normalized spacial score (nSPS) is 12.3.